The third kappa shape index (κ3) is 4.52. The molecule has 0 unspecified atom stereocenters. The predicted molar refractivity (Wildman–Crippen MR) is 63.2 cm³/mol. The number of carbonyl (C=O) groups excluding carboxylic acids is 1. The Hall–Kier alpha value is -0.570. The van der Waals surface area contributed by atoms with Crippen molar-refractivity contribution in [1.82, 2.24) is 0 Å². The third-order valence-electron chi connectivity index (χ3n) is 3.26. The zero-order valence-corrected chi connectivity index (χ0v) is 10.7. The van der Waals surface area contributed by atoms with Crippen LogP contribution in [0.3, 0.4) is 0 Å². The maximum absolute atomic E-state index is 11.3. The van der Waals surface area contributed by atoms with E-state index in [4.69, 9.17) is 9.47 Å². The van der Waals surface area contributed by atoms with Gasteiger partial charge < -0.3 is 9.47 Å². The van der Waals surface area contributed by atoms with Crippen LogP contribution in [0.4, 0.5) is 0 Å². The Morgan fingerprint density at radius 3 is 2.38 bits per heavy atom. The van der Waals surface area contributed by atoms with E-state index in [1.165, 1.54) is 7.11 Å². The maximum Gasteiger partial charge on any atom is 0.308 e. The van der Waals surface area contributed by atoms with Crippen molar-refractivity contribution in [3.63, 3.8) is 0 Å². The normalized spacial score (nSPS) is 25.8. The van der Waals surface area contributed by atoms with E-state index in [0.29, 0.717) is 12.0 Å². The van der Waals surface area contributed by atoms with Gasteiger partial charge in [0.1, 0.15) is 0 Å². The Bertz CT molecular complexity index is 205. The fraction of sp³-hybridized carbons (Fsp3) is 0.923. The summed E-state index contributed by atoms with van der Waals surface area (Å²) in [7, 11) is 1.47. The third-order valence-corrected chi connectivity index (χ3v) is 3.26. The molecule has 0 amide bonds. The molecule has 0 heterocycles. The van der Waals surface area contributed by atoms with Crippen molar-refractivity contribution in [2.45, 2.75) is 52.1 Å². The van der Waals surface area contributed by atoms with E-state index < -0.39 is 0 Å². The van der Waals surface area contributed by atoms with E-state index >= 15 is 0 Å². The highest BCUT2D eigenvalue weighted by Gasteiger charge is 2.27. The molecule has 94 valence electrons. The molecule has 3 nitrogen and oxygen atoms in total. The molecular weight excluding hydrogens is 204 g/mol. The van der Waals surface area contributed by atoms with E-state index in [1.807, 2.05) is 0 Å². The Morgan fingerprint density at radius 1 is 1.25 bits per heavy atom. The second-order valence-electron chi connectivity index (χ2n) is 5.05. The second-order valence-corrected chi connectivity index (χ2v) is 5.05. The summed E-state index contributed by atoms with van der Waals surface area (Å²) in [6.07, 6.45) is 5.31. The van der Waals surface area contributed by atoms with Crippen molar-refractivity contribution in [3.05, 3.63) is 0 Å². The van der Waals surface area contributed by atoms with E-state index in [1.54, 1.807) is 0 Å². The van der Waals surface area contributed by atoms with Gasteiger partial charge in [0.25, 0.3) is 0 Å². The summed E-state index contributed by atoms with van der Waals surface area (Å²) in [6.45, 7) is 5.26. The zero-order valence-electron chi connectivity index (χ0n) is 10.7. The number of hydrogen-bond acceptors (Lipinski definition) is 3. The van der Waals surface area contributed by atoms with Crippen LogP contribution in [-0.2, 0) is 14.3 Å². The van der Waals surface area contributed by atoms with Gasteiger partial charge in [0, 0.05) is 6.61 Å². The average Bonchev–Trinajstić information content (AvgIpc) is 2.28. The molecule has 0 aromatic heterocycles. The number of methoxy groups -OCH3 is 1. The van der Waals surface area contributed by atoms with Crippen molar-refractivity contribution in [1.29, 1.82) is 0 Å². The largest absolute Gasteiger partial charge is 0.469 e. The first-order valence-corrected chi connectivity index (χ1v) is 6.33. The van der Waals surface area contributed by atoms with E-state index in [2.05, 4.69) is 13.8 Å². The summed E-state index contributed by atoms with van der Waals surface area (Å²) in [4.78, 5) is 11.3. The lowest BCUT2D eigenvalue weighted by Gasteiger charge is -2.27. The topological polar surface area (TPSA) is 35.5 Å². The van der Waals surface area contributed by atoms with Crippen LogP contribution in [0, 0.1) is 11.8 Å². The molecule has 1 aliphatic carbocycles. The fourth-order valence-electron chi connectivity index (χ4n) is 2.10. The lowest BCUT2D eigenvalue weighted by Crippen LogP contribution is -2.27. The highest BCUT2D eigenvalue weighted by Crippen LogP contribution is 2.27. The number of hydrogen-bond donors (Lipinski definition) is 0. The van der Waals surface area contributed by atoms with Gasteiger partial charge in [-0.05, 0) is 38.0 Å². The van der Waals surface area contributed by atoms with Gasteiger partial charge >= 0.3 is 5.97 Å². The van der Waals surface area contributed by atoms with E-state index in [-0.39, 0.29) is 11.9 Å². The zero-order chi connectivity index (χ0) is 12.0. The van der Waals surface area contributed by atoms with Gasteiger partial charge in [-0.25, -0.2) is 0 Å². The second kappa shape index (κ2) is 6.89. The summed E-state index contributed by atoms with van der Waals surface area (Å²) in [5, 5.41) is 0. The van der Waals surface area contributed by atoms with Crippen LogP contribution in [0.2, 0.25) is 0 Å². The lowest BCUT2D eigenvalue weighted by atomic mass is 9.87. The van der Waals surface area contributed by atoms with Gasteiger partial charge in [-0.3, -0.25) is 4.79 Å². The number of esters is 1. The Morgan fingerprint density at radius 2 is 1.88 bits per heavy atom. The van der Waals surface area contributed by atoms with E-state index in [0.717, 1.165) is 38.7 Å². The summed E-state index contributed by atoms with van der Waals surface area (Å²) >= 11 is 0. The van der Waals surface area contributed by atoms with Gasteiger partial charge in [-0.15, -0.1) is 0 Å². The minimum Gasteiger partial charge on any atom is -0.469 e. The fourth-order valence-corrected chi connectivity index (χ4v) is 2.10. The van der Waals surface area contributed by atoms with Gasteiger partial charge in [0.05, 0.1) is 19.1 Å². The average molecular weight is 228 g/mol. The summed E-state index contributed by atoms with van der Waals surface area (Å²) < 4.78 is 10.6. The number of ether oxygens (including phenoxy) is 2. The number of rotatable bonds is 5. The molecule has 1 rings (SSSR count). The van der Waals surface area contributed by atoms with Crippen LogP contribution in [0.25, 0.3) is 0 Å². The Balaban J connectivity index is 2.14. The van der Waals surface area contributed by atoms with Crippen LogP contribution in [0.5, 0.6) is 0 Å². The van der Waals surface area contributed by atoms with Crippen LogP contribution in [0.1, 0.15) is 46.0 Å². The molecule has 0 spiro atoms. The smallest absolute Gasteiger partial charge is 0.308 e. The SMILES string of the molecule is COC(=O)C1CCC(OCCC(C)C)CC1. The first-order valence-electron chi connectivity index (χ1n) is 6.33. The van der Waals surface area contributed by atoms with E-state index in [9.17, 15) is 4.79 Å². The predicted octanol–water partition coefficient (Wildman–Crippen LogP) is 2.78. The first-order chi connectivity index (χ1) is 7.63. The van der Waals surface area contributed by atoms with Crippen LogP contribution in [-0.4, -0.2) is 25.8 Å². The highest BCUT2D eigenvalue weighted by molar-refractivity contribution is 5.72. The molecule has 0 atom stereocenters. The van der Waals surface area contributed by atoms with Crippen LogP contribution < -0.4 is 0 Å². The monoisotopic (exact) mass is 228 g/mol. The lowest BCUT2D eigenvalue weighted by molar-refractivity contribution is -0.147. The summed E-state index contributed by atoms with van der Waals surface area (Å²) in [6, 6.07) is 0. The molecule has 1 aliphatic rings. The van der Waals surface area contributed by atoms with Gasteiger partial charge in [-0.2, -0.15) is 0 Å². The molecule has 1 fully saturated rings. The first kappa shape index (κ1) is 13.5. The molecule has 1 saturated carbocycles. The van der Waals surface area contributed by atoms with Crippen molar-refractivity contribution in [2.24, 2.45) is 11.8 Å². The Kier molecular flexibility index (Phi) is 5.81. The van der Waals surface area contributed by atoms with Crippen molar-refractivity contribution >= 4 is 5.97 Å². The molecular formula is C13H24O3. The molecule has 0 aliphatic heterocycles. The molecule has 0 N–H and O–H groups in total. The van der Waals surface area contributed by atoms with Crippen molar-refractivity contribution in [2.75, 3.05) is 13.7 Å². The van der Waals surface area contributed by atoms with Gasteiger partial charge in [0.2, 0.25) is 0 Å². The van der Waals surface area contributed by atoms with Crippen LogP contribution >= 0.6 is 0 Å². The molecule has 16 heavy (non-hydrogen) atoms. The van der Waals surface area contributed by atoms with Gasteiger partial charge in [-0.1, -0.05) is 13.8 Å². The Labute approximate surface area is 98.5 Å². The minimum atomic E-state index is -0.0550. The van der Waals surface area contributed by atoms with Crippen LogP contribution in [0.15, 0.2) is 0 Å². The van der Waals surface area contributed by atoms with Crippen molar-refractivity contribution in [3.8, 4) is 0 Å². The van der Waals surface area contributed by atoms with Gasteiger partial charge in [0.15, 0.2) is 0 Å². The summed E-state index contributed by atoms with van der Waals surface area (Å²) in [5.74, 6) is 0.752. The minimum absolute atomic E-state index is 0.0550. The molecule has 0 aromatic carbocycles. The number of carbonyl (C=O) groups is 1. The molecule has 0 saturated heterocycles. The standard InChI is InChI=1S/C13H24O3/c1-10(2)8-9-16-12-6-4-11(5-7-12)13(14)15-3/h10-12H,4-9H2,1-3H3. The molecule has 0 aromatic rings. The quantitative estimate of drug-likeness (QED) is 0.679. The van der Waals surface area contributed by atoms with Crippen molar-refractivity contribution < 1.29 is 14.3 Å². The summed E-state index contributed by atoms with van der Waals surface area (Å²) in [5.41, 5.74) is 0. The molecule has 0 radical (unpaired) electrons. The molecule has 3 heteroatoms. The maximum atomic E-state index is 11.3. The highest BCUT2D eigenvalue weighted by atomic mass is 16.5. The molecule has 0 bridgehead atoms.